The summed E-state index contributed by atoms with van der Waals surface area (Å²) in [6.07, 6.45) is 1.07. The van der Waals surface area contributed by atoms with Crippen LogP contribution in [0.25, 0.3) is 0 Å². The quantitative estimate of drug-likeness (QED) is 0.866. The fourth-order valence-corrected chi connectivity index (χ4v) is 2.21. The van der Waals surface area contributed by atoms with Gasteiger partial charge in [0.2, 0.25) is 0 Å². The summed E-state index contributed by atoms with van der Waals surface area (Å²) in [5, 5.41) is 3.55. The summed E-state index contributed by atoms with van der Waals surface area (Å²) < 4.78 is 1.13. The van der Waals surface area contributed by atoms with Crippen LogP contribution < -0.4 is 5.32 Å². The molecule has 0 fully saturated rings. The molecule has 94 valence electrons. The Morgan fingerprint density at radius 2 is 1.67 bits per heavy atom. The Kier molecular flexibility index (Phi) is 4.97. The van der Waals surface area contributed by atoms with Crippen molar-refractivity contribution in [3.05, 3.63) is 70.2 Å². The van der Waals surface area contributed by atoms with Crippen LogP contribution in [0.5, 0.6) is 0 Å². The lowest BCUT2D eigenvalue weighted by Crippen LogP contribution is -2.21. The first kappa shape index (κ1) is 13.3. The highest BCUT2D eigenvalue weighted by Crippen LogP contribution is 2.16. The van der Waals surface area contributed by atoms with Gasteiger partial charge in [-0.3, -0.25) is 0 Å². The SMILES string of the molecule is C[C@H](NCCc1ccccc1)c1ccc(Br)cc1. The Bertz CT molecular complexity index is 464. The second-order valence-corrected chi connectivity index (χ2v) is 5.38. The van der Waals surface area contributed by atoms with E-state index in [2.05, 4.69) is 82.8 Å². The Balaban J connectivity index is 1.81. The largest absolute Gasteiger partial charge is 0.310 e. The molecule has 0 aliphatic heterocycles. The van der Waals surface area contributed by atoms with Gasteiger partial charge in [-0.15, -0.1) is 0 Å². The van der Waals surface area contributed by atoms with Gasteiger partial charge in [-0.2, -0.15) is 0 Å². The molecule has 0 saturated carbocycles. The number of rotatable bonds is 5. The van der Waals surface area contributed by atoms with Gasteiger partial charge in [0.05, 0.1) is 0 Å². The van der Waals surface area contributed by atoms with E-state index in [0.29, 0.717) is 6.04 Å². The zero-order valence-electron chi connectivity index (χ0n) is 10.6. The summed E-state index contributed by atoms with van der Waals surface area (Å²) in [5.74, 6) is 0. The molecule has 0 aromatic heterocycles. The van der Waals surface area contributed by atoms with Crippen LogP contribution in [0.2, 0.25) is 0 Å². The Morgan fingerprint density at radius 1 is 1.00 bits per heavy atom. The van der Waals surface area contributed by atoms with Gasteiger partial charge in [0.1, 0.15) is 0 Å². The minimum atomic E-state index is 0.391. The Labute approximate surface area is 117 Å². The third-order valence-electron chi connectivity index (χ3n) is 3.08. The van der Waals surface area contributed by atoms with Crippen LogP contribution >= 0.6 is 15.9 Å². The summed E-state index contributed by atoms with van der Waals surface area (Å²) in [6, 6.07) is 19.5. The molecule has 0 spiro atoms. The molecule has 0 aliphatic carbocycles. The molecule has 0 saturated heterocycles. The van der Waals surface area contributed by atoms with Crippen LogP contribution in [0.3, 0.4) is 0 Å². The highest BCUT2D eigenvalue weighted by Gasteiger charge is 2.03. The van der Waals surface area contributed by atoms with Crippen molar-refractivity contribution >= 4 is 15.9 Å². The van der Waals surface area contributed by atoms with Crippen LogP contribution in [0.1, 0.15) is 24.1 Å². The lowest BCUT2D eigenvalue weighted by Gasteiger charge is -2.14. The number of hydrogen-bond donors (Lipinski definition) is 1. The van der Waals surface area contributed by atoms with Gasteiger partial charge in [-0.25, -0.2) is 0 Å². The van der Waals surface area contributed by atoms with Gasteiger partial charge in [0.25, 0.3) is 0 Å². The van der Waals surface area contributed by atoms with Crippen molar-refractivity contribution in [1.29, 1.82) is 0 Å². The van der Waals surface area contributed by atoms with E-state index >= 15 is 0 Å². The lowest BCUT2D eigenvalue weighted by atomic mass is 10.1. The summed E-state index contributed by atoms with van der Waals surface area (Å²) in [6.45, 7) is 3.20. The van der Waals surface area contributed by atoms with Gasteiger partial charge < -0.3 is 5.32 Å². The molecule has 2 aromatic carbocycles. The highest BCUT2D eigenvalue weighted by atomic mass is 79.9. The zero-order chi connectivity index (χ0) is 12.8. The lowest BCUT2D eigenvalue weighted by molar-refractivity contribution is 0.577. The minimum absolute atomic E-state index is 0.391. The van der Waals surface area contributed by atoms with Crippen LogP contribution in [0.15, 0.2) is 59.1 Å². The zero-order valence-corrected chi connectivity index (χ0v) is 12.2. The molecule has 0 unspecified atom stereocenters. The first-order valence-electron chi connectivity index (χ1n) is 6.28. The van der Waals surface area contributed by atoms with Gasteiger partial charge in [-0.05, 0) is 43.1 Å². The summed E-state index contributed by atoms with van der Waals surface area (Å²) in [5.41, 5.74) is 2.71. The van der Waals surface area contributed by atoms with E-state index in [1.807, 2.05) is 0 Å². The summed E-state index contributed by atoms with van der Waals surface area (Å²) in [7, 11) is 0. The van der Waals surface area contributed by atoms with Crippen LogP contribution in [0.4, 0.5) is 0 Å². The minimum Gasteiger partial charge on any atom is -0.310 e. The van der Waals surface area contributed by atoms with Crippen molar-refractivity contribution in [2.75, 3.05) is 6.54 Å². The molecule has 0 aliphatic rings. The van der Waals surface area contributed by atoms with E-state index in [9.17, 15) is 0 Å². The van der Waals surface area contributed by atoms with E-state index in [-0.39, 0.29) is 0 Å². The van der Waals surface area contributed by atoms with Gasteiger partial charge in [-0.1, -0.05) is 58.4 Å². The second-order valence-electron chi connectivity index (χ2n) is 4.46. The number of benzene rings is 2. The van der Waals surface area contributed by atoms with Crippen LogP contribution in [-0.2, 0) is 6.42 Å². The summed E-state index contributed by atoms with van der Waals surface area (Å²) in [4.78, 5) is 0. The first-order valence-corrected chi connectivity index (χ1v) is 7.08. The molecule has 0 amide bonds. The van der Waals surface area contributed by atoms with Crippen molar-refractivity contribution in [3.63, 3.8) is 0 Å². The number of hydrogen-bond acceptors (Lipinski definition) is 1. The third-order valence-corrected chi connectivity index (χ3v) is 3.61. The van der Waals surface area contributed by atoms with Gasteiger partial charge in [0, 0.05) is 10.5 Å². The summed E-state index contributed by atoms with van der Waals surface area (Å²) >= 11 is 3.46. The number of nitrogens with one attached hydrogen (secondary N) is 1. The van der Waals surface area contributed by atoms with Gasteiger partial charge >= 0.3 is 0 Å². The molecule has 1 atom stereocenters. The maximum Gasteiger partial charge on any atom is 0.0291 e. The third kappa shape index (κ3) is 3.97. The van der Waals surface area contributed by atoms with Crippen molar-refractivity contribution in [2.45, 2.75) is 19.4 Å². The second kappa shape index (κ2) is 6.72. The van der Waals surface area contributed by atoms with Crippen molar-refractivity contribution in [2.24, 2.45) is 0 Å². The molecule has 2 rings (SSSR count). The predicted molar refractivity (Wildman–Crippen MR) is 80.7 cm³/mol. The predicted octanol–water partition coefficient (Wildman–Crippen LogP) is 4.34. The van der Waals surface area contributed by atoms with E-state index in [1.165, 1.54) is 11.1 Å². The average molecular weight is 304 g/mol. The monoisotopic (exact) mass is 303 g/mol. The molecule has 1 nitrogen and oxygen atoms in total. The first-order chi connectivity index (χ1) is 8.75. The maximum absolute atomic E-state index is 3.55. The highest BCUT2D eigenvalue weighted by molar-refractivity contribution is 9.10. The molecule has 0 radical (unpaired) electrons. The topological polar surface area (TPSA) is 12.0 Å². The molecule has 0 bridgehead atoms. The molecular weight excluding hydrogens is 286 g/mol. The smallest absolute Gasteiger partial charge is 0.0291 e. The Hall–Kier alpha value is -1.12. The molecular formula is C16H18BrN. The Morgan fingerprint density at radius 3 is 2.33 bits per heavy atom. The molecule has 18 heavy (non-hydrogen) atoms. The van der Waals surface area contributed by atoms with Crippen molar-refractivity contribution in [1.82, 2.24) is 5.32 Å². The van der Waals surface area contributed by atoms with Crippen molar-refractivity contribution < 1.29 is 0 Å². The van der Waals surface area contributed by atoms with Crippen LogP contribution in [0, 0.1) is 0 Å². The standard InChI is InChI=1S/C16H18BrN/c1-13(15-7-9-16(17)10-8-15)18-12-11-14-5-3-2-4-6-14/h2-10,13,18H,11-12H2,1H3/t13-/m0/s1. The van der Waals surface area contributed by atoms with E-state index < -0.39 is 0 Å². The van der Waals surface area contributed by atoms with Gasteiger partial charge in [0.15, 0.2) is 0 Å². The molecule has 0 heterocycles. The fourth-order valence-electron chi connectivity index (χ4n) is 1.95. The molecule has 1 N–H and O–H groups in total. The van der Waals surface area contributed by atoms with E-state index in [4.69, 9.17) is 0 Å². The molecule has 2 heteroatoms. The van der Waals surface area contributed by atoms with E-state index in [0.717, 1.165) is 17.4 Å². The van der Waals surface area contributed by atoms with E-state index in [1.54, 1.807) is 0 Å². The number of halogens is 1. The fraction of sp³-hybridized carbons (Fsp3) is 0.250. The maximum atomic E-state index is 3.55. The average Bonchev–Trinajstić information content (AvgIpc) is 2.40. The van der Waals surface area contributed by atoms with Crippen molar-refractivity contribution in [3.8, 4) is 0 Å². The molecule has 2 aromatic rings. The normalized spacial score (nSPS) is 12.3. The van der Waals surface area contributed by atoms with Crippen LogP contribution in [-0.4, -0.2) is 6.54 Å².